The number of hydrogen-bond acceptors (Lipinski definition) is 1. The average molecular weight is 263 g/mol. The molecule has 0 saturated heterocycles. The molecule has 1 aromatic heterocycles. The van der Waals surface area contributed by atoms with Crippen molar-refractivity contribution in [2.75, 3.05) is 0 Å². The molecule has 0 unspecified atom stereocenters. The number of nitrogens with zero attached hydrogens (tertiary/aromatic N) is 1. The highest BCUT2D eigenvalue weighted by Gasteiger charge is 2.33. The zero-order chi connectivity index (χ0) is 14.0. The Balaban J connectivity index is 2.57. The van der Waals surface area contributed by atoms with Crippen molar-refractivity contribution < 1.29 is 13.2 Å². The van der Waals surface area contributed by atoms with E-state index in [2.05, 4.69) is 11.6 Å². The van der Waals surface area contributed by atoms with Gasteiger partial charge in [-0.05, 0) is 24.6 Å². The summed E-state index contributed by atoms with van der Waals surface area (Å²) in [5, 5.41) is 0. The van der Waals surface area contributed by atoms with Crippen LogP contribution in [-0.4, -0.2) is 4.98 Å². The summed E-state index contributed by atoms with van der Waals surface area (Å²) in [6.07, 6.45) is -3.08. The summed E-state index contributed by atoms with van der Waals surface area (Å²) in [4.78, 5) is 3.68. The molecule has 0 atom stereocenters. The molecular weight excluding hydrogens is 251 g/mol. The molecule has 0 bridgehead atoms. The van der Waals surface area contributed by atoms with Gasteiger partial charge in [-0.25, -0.2) is 4.98 Å². The molecule has 0 fully saturated rings. The van der Waals surface area contributed by atoms with Crippen LogP contribution < -0.4 is 0 Å². The summed E-state index contributed by atoms with van der Waals surface area (Å²) in [6.45, 7) is 5.42. The Labute approximate surface area is 109 Å². The normalized spacial score (nSPS) is 11.4. The second-order valence-corrected chi connectivity index (χ2v) is 4.24. The minimum atomic E-state index is -4.46. The van der Waals surface area contributed by atoms with E-state index in [4.69, 9.17) is 0 Å². The summed E-state index contributed by atoms with van der Waals surface area (Å²) in [7, 11) is 0. The second-order valence-electron chi connectivity index (χ2n) is 4.24. The molecule has 0 radical (unpaired) electrons. The van der Waals surface area contributed by atoms with Crippen molar-refractivity contribution in [3.63, 3.8) is 0 Å². The third kappa shape index (κ3) is 3.02. The van der Waals surface area contributed by atoms with Crippen molar-refractivity contribution in [3.05, 3.63) is 59.8 Å². The molecule has 98 valence electrons. The number of hydrogen-bond donors (Lipinski definition) is 0. The zero-order valence-electron chi connectivity index (χ0n) is 10.3. The van der Waals surface area contributed by atoms with Crippen molar-refractivity contribution in [1.82, 2.24) is 4.98 Å². The standard InChI is InChI=1S/C15H12F3N/c1-3-11-8-13(12-6-4-10(2)5-7-12)19-14(9-11)15(16,17)18/h3-9H,1H2,2H3. The number of aromatic nitrogens is 1. The van der Waals surface area contributed by atoms with Gasteiger partial charge in [0.05, 0.1) is 5.69 Å². The molecule has 0 aliphatic heterocycles. The van der Waals surface area contributed by atoms with Crippen molar-refractivity contribution in [2.45, 2.75) is 13.1 Å². The lowest BCUT2D eigenvalue weighted by atomic mass is 10.1. The Morgan fingerprint density at radius 3 is 2.26 bits per heavy atom. The van der Waals surface area contributed by atoms with Crippen LogP contribution in [0, 0.1) is 6.92 Å². The van der Waals surface area contributed by atoms with Crippen LogP contribution in [0.2, 0.25) is 0 Å². The molecule has 1 nitrogen and oxygen atoms in total. The number of rotatable bonds is 2. The molecule has 0 spiro atoms. The van der Waals surface area contributed by atoms with Crippen LogP contribution in [-0.2, 0) is 6.18 Å². The number of halogens is 3. The van der Waals surface area contributed by atoms with Gasteiger partial charge in [-0.2, -0.15) is 13.2 Å². The van der Waals surface area contributed by atoms with Crippen molar-refractivity contribution in [2.24, 2.45) is 0 Å². The van der Waals surface area contributed by atoms with Gasteiger partial charge in [0.25, 0.3) is 0 Å². The summed E-state index contributed by atoms with van der Waals surface area (Å²) < 4.78 is 38.3. The van der Waals surface area contributed by atoms with Gasteiger partial charge in [0, 0.05) is 5.56 Å². The van der Waals surface area contributed by atoms with Gasteiger partial charge < -0.3 is 0 Å². The van der Waals surface area contributed by atoms with Gasteiger partial charge in [-0.3, -0.25) is 0 Å². The Morgan fingerprint density at radius 1 is 1.11 bits per heavy atom. The fourth-order valence-electron chi connectivity index (χ4n) is 1.69. The lowest BCUT2D eigenvalue weighted by Crippen LogP contribution is -2.08. The highest BCUT2D eigenvalue weighted by molar-refractivity contribution is 5.64. The van der Waals surface area contributed by atoms with Crippen LogP contribution in [0.1, 0.15) is 16.8 Å². The first-order valence-corrected chi connectivity index (χ1v) is 5.69. The molecule has 2 rings (SSSR count). The van der Waals surface area contributed by atoms with Crippen LogP contribution in [0.15, 0.2) is 43.0 Å². The Morgan fingerprint density at radius 2 is 1.74 bits per heavy atom. The van der Waals surface area contributed by atoms with Crippen LogP contribution in [0.5, 0.6) is 0 Å². The molecule has 19 heavy (non-hydrogen) atoms. The maximum absolute atomic E-state index is 12.8. The maximum Gasteiger partial charge on any atom is 0.433 e. The van der Waals surface area contributed by atoms with Crippen LogP contribution in [0.25, 0.3) is 17.3 Å². The van der Waals surface area contributed by atoms with Crippen molar-refractivity contribution in [1.29, 1.82) is 0 Å². The van der Waals surface area contributed by atoms with Crippen LogP contribution in [0.3, 0.4) is 0 Å². The summed E-state index contributed by atoms with van der Waals surface area (Å²) in [5.41, 5.74) is 1.49. The van der Waals surface area contributed by atoms with E-state index in [1.54, 1.807) is 18.2 Å². The highest BCUT2D eigenvalue weighted by Crippen LogP contribution is 2.31. The number of alkyl halides is 3. The molecule has 0 N–H and O–H groups in total. The van der Waals surface area contributed by atoms with E-state index < -0.39 is 11.9 Å². The summed E-state index contributed by atoms with van der Waals surface area (Å²) in [6, 6.07) is 9.77. The monoisotopic (exact) mass is 263 g/mol. The van der Waals surface area contributed by atoms with Gasteiger partial charge in [0.2, 0.25) is 0 Å². The number of aryl methyl sites for hydroxylation is 1. The predicted octanol–water partition coefficient (Wildman–Crippen LogP) is 4.72. The smallest absolute Gasteiger partial charge is 0.243 e. The van der Waals surface area contributed by atoms with Gasteiger partial charge in [-0.1, -0.05) is 42.5 Å². The SMILES string of the molecule is C=Cc1cc(-c2ccc(C)cc2)nc(C(F)(F)F)c1. The van der Waals surface area contributed by atoms with Crippen LogP contribution >= 0.6 is 0 Å². The fourth-order valence-corrected chi connectivity index (χ4v) is 1.69. The Hall–Kier alpha value is -2.10. The zero-order valence-corrected chi connectivity index (χ0v) is 10.3. The molecule has 0 amide bonds. The average Bonchev–Trinajstić information content (AvgIpc) is 2.38. The Kier molecular flexibility index (Phi) is 3.42. The number of pyridine rings is 1. The first-order valence-electron chi connectivity index (χ1n) is 5.69. The minimum Gasteiger partial charge on any atom is -0.243 e. The first-order chi connectivity index (χ1) is 8.90. The van der Waals surface area contributed by atoms with Crippen LogP contribution in [0.4, 0.5) is 13.2 Å². The van der Waals surface area contributed by atoms with Gasteiger partial charge in [0.15, 0.2) is 0 Å². The van der Waals surface area contributed by atoms with Gasteiger partial charge in [0.1, 0.15) is 5.69 Å². The molecule has 1 heterocycles. The molecule has 2 aromatic rings. The van der Waals surface area contributed by atoms with E-state index >= 15 is 0 Å². The van der Waals surface area contributed by atoms with E-state index in [9.17, 15) is 13.2 Å². The molecule has 0 aliphatic rings. The van der Waals surface area contributed by atoms with E-state index in [0.29, 0.717) is 16.8 Å². The molecule has 1 aromatic carbocycles. The fraction of sp³-hybridized carbons (Fsp3) is 0.133. The number of benzene rings is 1. The minimum absolute atomic E-state index is 0.296. The van der Waals surface area contributed by atoms with Gasteiger partial charge >= 0.3 is 6.18 Å². The van der Waals surface area contributed by atoms with Gasteiger partial charge in [-0.15, -0.1) is 0 Å². The van der Waals surface area contributed by atoms with Crippen molar-refractivity contribution >= 4 is 6.08 Å². The first kappa shape index (κ1) is 13.3. The molecule has 4 heteroatoms. The summed E-state index contributed by atoms with van der Waals surface area (Å²) in [5.74, 6) is 0. The quantitative estimate of drug-likeness (QED) is 0.764. The van der Waals surface area contributed by atoms with Crippen molar-refractivity contribution in [3.8, 4) is 11.3 Å². The molecule has 0 aliphatic carbocycles. The second kappa shape index (κ2) is 4.88. The molecular formula is C15H12F3N. The topological polar surface area (TPSA) is 12.9 Å². The summed E-state index contributed by atoms with van der Waals surface area (Å²) >= 11 is 0. The van der Waals surface area contributed by atoms with E-state index in [0.717, 1.165) is 11.6 Å². The maximum atomic E-state index is 12.8. The van der Waals surface area contributed by atoms with E-state index in [1.807, 2.05) is 19.1 Å². The lowest BCUT2D eigenvalue weighted by molar-refractivity contribution is -0.141. The predicted molar refractivity (Wildman–Crippen MR) is 69.5 cm³/mol. The largest absolute Gasteiger partial charge is 0.433 e. The highest BCUT2D eigenvalue weighted by atomic mass is 19.4. The van der Waals surface area contributed by atoms with E-state index in [-0.39, 0.29) is 0 Å². The van der Waals surface area contributed by atoms with E-state index in [1.165, 1.54) is 6.08 Å². The third-order valence-electron chi connectivity index (χ3n) is 2.72. The Bertz CT molecular complexity index is 598. The molecule has 0 saturated carbocycles. The third-order valence-corrected chi connectivity index (χ3v) is 2.72. The lowest BCUT2D eigenvalue weighted by Gasteiger charge is -2.10.